The molecule has 3 atom stereocenters. The van der Waals surface area contributed by atoms with Crippen LogP contribution in [0.2, 0.25) is 0 Å². The third-order valence-corrected chi connectivity index (χ3v) is 6.74. The van der Waals surface area contributed by atoms with Crippen LogP contribution in [-0.4, -0.2) is 12.6 Å². The largest absolute Gasteiger partial charge is 0.329 e. The fraction of sp³-hybridized carbons (Fsp3) is 0.667. The number of thiophene rings is 1. The molecular weight excluding hydrogens is 364 g/mol. The van der Waals surface area contributed by atoms with Gasteiger partial charge >= 0.3 is 0 Å². The van der Waals surface area contributed by atoms with Gasteiger partial charge in [-0.15, -0.1) is 11.3 Å². The van der Waals surface area contributed by atoms with E-state index in [2.05, 4.69) is 50.2 Å². The van der Waals surface area contributed by atoms with Crippen LogP contribution in [-0.2, 0) is 0 Å². The van der Waals surface area contributed by atoms with Crippen molar-refractivity contribution in [1.29, 1.82) is 0 Å². The number of hydrogen-bond acceptors (Lipinski definition) is 3. The maximum Gasteiger partial charge on any atom is 0.0843 e. The molecule has 1 aromatic heterocycles. The Morgan fingerprint density at radius 3 is 2.76 bits per heavy atom. The van der Waals surface area contributed by atoms with Crippen LogP contribution in [0.1, 0.15) is 37.1 Å². The monoisotopic (exact) mass is 380 g/mol. The highest BCUT2D eigenvalue weighted by molar-refractivity contribution is 9.13. The van der Waals surface area contributed by atoms with Crippen molar-refractivity contribution in [2.75, 3.05) is 6.54 Å². The van der Waals surface area contributed by atoms with E-state index in [1.807, 2.05) is 0 Å². The van der Waals surface area contributed by atoms with Gasteiger partial charge in [0.15, 0.2) is 0 Å². The van der Waals surface area contributed by atoms with Gasteiger partial charge in [-0.2, -0.15) is 0 Å². The molecule has 1 saturated carbocycles. The first kappa shape index (κ1) is 14.0. The number of nitrogens with two attached hydrogens (primary N) is 1. The summed E-state index contributed by atoms with van der Waals surface area (Å²) in [5.74, 6) is 0.854. The Kier molecular flexibility index (Phi) is 5.06. The molecule has 17 heavy (non-hydrogen) atoms. The van der Waals surface area contributed by atoms with Gasteiger partial charge in [-0.25, -0.2) is 0 Å². The Bertz CT molecular complexity index is 361. The summed E-state index contributed by atoms with van der Waals surface area (Å²) < 4.78 is 2.27. The maximum absolute atomic E-state index is 5.89. The van der Waals surface area contributed by atoms with Gasteiger partial charge in [0.05, 0.1) is 9.83 Å². The molecule has 1 fully saturated rings. The minimum Gasteiger partial charge on any atom is -0.329 e. The van der Waals surface area contributed by atoms with Crippen molar-refractivity contribution in [2.45, 2.75) is 38.3 Å². The van der Waals surface area contributed by atoms with E-state index in [1.54, 1.807) is 11.3 Å². The highest BCUT2D eigenvalue weighted by Crippen LogP contribution is 2.36. The van der Waals surface area contributed by atoms with Crippen LogP contribution >= 0.6 is 43.2 Å². The average molecular weight is 382 g/mol. The summed E-state index contributed by atoms with van der Waals surface area (Å²) >= 11 is 8.83. The summed E-state index contributed by atoms with van der Waals surface area (Å²) in [6, 6.07) is 3.09. The van der Waals surface area contributed by atoms with Gasteiger partial charge in [-0.05, 0) is 63.1 Å². The van der Waals surface area contributed by atoms with Gasteiger partial charge in [0.1, 0.15) is 0 Å². The van der Waals surface area contributed by atoms with E-state index in [1.165, 1.54) is 24.1 Å². The van der Waals surface area contributed by atoms with Crippen LogP contribution in [0.15, 0.2) is 14.3 Å². The zero-order valence-corrected chi connectivity index (χ0v) is 13.9. The lowest BCUT2D eigenvalue weighted by atomic mass is 10.1. The fourth-order valence-corrected chi connectivity index (χ4v) is 4.61. The van der Waals surface area contributed by atoms with Crippen LogP contribution in [0.4, 0.5) is 0 Å². The van der Waals surface area contributed by atoms with Crippen LogP contribution in [0.25, 0.3) is 0 Å². The smallest absolute Gasteiger partial charge is 0.0843 e. The van der Waals surface area contributed by atoms with Gasteiger partial charge < -0.3 is 11.1 Å². The first-order valence-electron chi connectivity index (χ1n) is 6.01. The Balaban J connectivity index is 2.01. The molecule has 1 heterocycles. The number of halogens is 2. The molecule has 0 amide bonds. The molecule has 3 N–H and O–H groups in total. The molecular formula is C12H18Br2N2S. The third-order valence-electron chi connectivity index (χ3n) is 3.38. The first-order valence-corrected chi connectivity index (χ1v) is 8.41. The van der Waals surface area contributed by atoms with Crippen LogP contribution in [0.5, 0.6) is 0 Å². The second-order valence-electron chi connectivity index (χ2n) is 4.84. The summed E-state index contributed by atoms with van der Waals surface area (Å²) in [5, 5.41) is 3.70. The quantitative estimate of drug-likeness (QED) is 0.825. The van der Waals surface area contributed by atoms with E-state index < -0.39 is 0 Å². The van der Waals surface area contributed by atoms with Crippen molar-refractivity contribution in [3.8, 4) is 0 Å². The van der Waals surface area contributed by atoms with E-state index in [4.69, 9.17) is 5.73 Å². The predicted molar refractivity (Wildman–Crippen MR) is 81.5 cm³/mol. The lowest BCUT2D eigenvalue weighted by molar-refractivity contribution is 0.438. The minimum absolute atomic E-state index is 0.290. The van der Waals surface area contributed by atoms with Gasteiger partial charge in [0.25, 0.3) is 0 Å². The summed E-state index contributed by atoms with van der Waals surface area (Å²) in [5.41, 5.74) is 5.89. The average Bonchev–Trinajstić information content (AvgIpc) is 2.83. The molecule has 1 aromatic rings. The molecule has 0 aliphatic heterocycles. The molecule has 3 unspecified atom stereocenters. The van der Waals surface area contributed by atoms with Crippen molar-refractivity contribution in [1.82, 2.24) is 5.32 Å². The summed E-state index contributed by atoms with van der Waals surface area (Å²) in [4.78, 5) is 1.31. The molecule has 1 aliphatic rings. The molecule has 0 aromatic carbocycles. The zero-order valence-electron chi connectivity index (χ0n) is 9.88. The standard InChI is InChI=1S/C12H18Br2N2S/c1-7-2-3-8(4-7)16-10(6-15)11-5-9(13)12(14)17-11/h5,7-8,10,16H,2-4,6,15H2,1H3. The molecule has 1 aliphatic carbocycles. The van der Waals surface area contributed by atoms with Gasteiger partial charge in [-0.1, -0.05) is 6.92 Å². The highest BCUT2D eigenvalue weighted by atomic mass is 79.9. The molecule has 0 spiro atoms. The maximum atomic E-state index is 5.89. The van der Waals surface area contributed by atoms with E-state index in [9.17, 15) is 0 Å². The van der Waals surface area contributed by atoms with Crippen molar-refractivity contribution in [3.63, 3.8) is 0 Å². The van der Waals surface area contributed by atoms with Crippen LogP contribution in [0.3, 0.4) is 0 Å². The predicted octanol–water partition coefficient (Wildman–Crippen LogP) is 4.05. The van der Waals surface area contributed by atoms with E-state index in [0.717, 1.165) is 14.2 Å². The lowest BCUT2D eigenvalue weighted by Gasteiger charge is -2.20. The van der Waals surface area contributed by atoms with E-state index in [-0.39, 0.29) is 6.04 Å². The molecule has 96 valence electrons. The Morgan fingerprint density at radius 1 is 1.53 bits per heavy atom. The molecule has 0 bridgehead atoms. The summed E-state index contributed by atoms with van der Waals surface area (Å²) in [6.45, 7) is 2.99. The third kappa shape index (κ3) is 3.53. The number of nitrogens with one attached hydrogen (secondary N) is 1. The molecule has 0 saturated heterocycles. The Morgan fingerprint density at radius 2 is 2.29 bits per heavy atom. The molecule has 2 rings (SSSR count). The SMILES string of the molecule is CC1CCC(NC(CN)c2cc(Br)c(Br)s2)C1. The lowest BCUT2D eigenvalue weighted by Crippen LogP contribution is -2.34. The fourth-order valence-electron chi connectivity index (χ4n) is 2.44. The second kappa shape index (κ2) is 6.15. The summed E-state index contributed by atoms with van der Waals surface area (Å²) in [7, 11) is 0. The van der Waals surface area contributed by atoms with Gasteiger partial charge in [0.2, 0.25) is 0 Å². The molecule has 5 heteroatoms. The number of rotatable bonds is 4. The molecule has 2 nitrogen and oxygen atoms in total. The normalized spacial score (nSPS) is 26.4. The second-order valence-corrected chi connectivity index (χ2v) is 8.10. The van der Waals surface area contributed by atoms with Gasteiger partial charge in [-0.3, -0.25) is 0 Å². The van der Waals surface area contributed by atoms with E-state index >= 15 is 0 Å². The van der Waals surface area contributed by atoms with Crippen molar-refractivity contribution in [3.05, 3.63) is 19.2 Å². The first-order chi connectivity index (χ1) is 8.10. The minimum atomic E-state index is 0.290. The van der Waals surface area contributed by atoms with E-state index in [0.29, 0.717) is 12.6 Å². The highest BCUT2D eigenvalue weighted by Gasteiger charge is 2.24. The van der Waals surface area contributed by atoms with Crippen molar-refractivity contribution >= 4 is 43.2 Å². The topological polar surface area (TPSA) is 38.0 Å². The Labute approximate surface area is 124 Å². The summed E-state index contributed by atoms with van der Waals surface area (Å²) in [6.07, 6.45) is 3.91. The van der Waals surface area contributed by atoms with Gasteiger partial charge in [0, 0.05) is 21.9 Å². The van der Waals surface area contributed by atoms with Crippen LogP contribution < -0.4 is 11.1 Å². The zero-order chi connectivity index (χ0) is 12.4. The van der Waals surface area contributed by atoms with Crippen molar-refractivity contribution < 1.29 is 0 Å². The van der Waals surface area contributed by atoms with Crippen molar-refractivity contribution in [2.24, 2.45) is 11.7 Å². The van der Waals surface area contributed by atoms with Crippen LogP contribution in [0, 0.1) is 5.92 Å². The number of hydrogen-bond donors (Lipinski definition) is 2. The molecule has 0 radical (unpaired) electrons. The Hall–Kier alpha value is 0.580.